The predicted molar refractivity (Wildman–Crippen MR) is 75.4 cm³/mol. The average Bonchev–Trinajstić information content (AvgIpc) is 2.96. The smallest absolute Gasteiger partial charge is 0.252 e. The number of aromatic nitrogens is 5. The Kier molecular flexibility index (Phi) is 3.48. The molecule has 0 amide bonds. The Labute approximate surface area is 125 Å². The van der Waals surface area contributed by atoms with Crippen LogP contribution in [0.2, 0.25) is 5.15 Å². The minimum Gasteiger partial charge on any atom is -0.325 e. The first-order valence-corrected chi connectivity index (χ1v) is 6.53. The fourth-order valence-electron chi connectivity index (χ4n) is 2.07. The normalized spacial score (nSPS) is 10.7. The molecule has 104 valence electrons. The maximum absolute atomic E-state index is 8.86. The van der Waals surface area contributed by atoms with E-state index in [1.165, 1.54) is 6.33 Å². The molecule has 0 atom stereocenters. The second-order valence-corrected chi connectivity index (χ2v) is 4.69. The highest BCUT2D eigenvalue weighted by Crippen LogP contribution is 2.17. The maximum atomic E-state index is 8.86. The lowest BCUT2D eigenvalue weighted by atomic mass is 10.1. The van der Waals surface area contributed by atoms with Gasteiger partial charge >= 0.3 is 0 Å². The second kappa shape index (κ2) is 5.44. The predicted octanol–water partition coefficient (Wildman–Crippen LogP) is 1.09. The molecule has 2 N–H and O–H groups in total. The van der Waals surface area contributed by atoms with Gasteiger partial charge < -0.3 is 5.73 Å². The number of pyridine rings is 1. The third-order valence-electron chi connectivity index (χ3n) is 3.08. The number of rotatable bonds is 3. The summed E-state index contributed by atoms with van der Waals surface area (Å²) in [5.74, 6) is 0.505. The highest BCUT2D eigenvalue weighted by molar-refractivity contribution is 6.30. The van der Waals surface area contributed by atoms with Gasteiger partial charge in [-0.25, -0.2) is 9.97 Å². The number of hydrogen-bond donors (Lipinski definition) is 1. The molecule has 0 radical (unpaired) electrons. The zero-order valence-corrected chi connectivity index (χ0v) is 11.6. The lowest BCUT2D eigenvalue weighted by molar-refractivity contribution is 0.808. The van der Waals surface area contributed by atoms with E-state index in [0.717, 1.165) is 17.0 Å². The molecule has 0 bridgehead atoms. The Morgan fingerprint density at radius 2 is 2.19 bits per heavy atom. The SMILES string of the molecule is N#Cc1ccc(Cc2cnc3ncnn3c2CN)nc1Cl. The molecule has 3 heterocycles. The van der Waals surface area contributed by atoms with Crippen molar-refractivity contribution in [3.8, 4) is 6.07 Å². The topological polar surface area (TPSA) is 106 Å². The van der Waals surface area contributed by atoms with E-state index in [-0.39, 0.29) is 5.15 Å². The summed E-state index contributed by atoms with van der Waals surface area (Å²) < 4.78 is 1.61. The zero-order valence-electron chi connectivity index (χ0n) is 10.9. The molecular formula is C13H10ClN7. The summed E-state index contributed by atoms with van der Waals surface area (Å²) in [6.07, 6.45) is 3.64. The van der Waals surface area contributed by atoms with Crippen LogP contribution in [0.1, 0.15) is 22.5 Å². The van der Waals surface area contributed by atoms with Crippen molar-refractivity contribution < 1.29 is 0 Å². The first-order chi connectivity index (χ1) is 10.2. The Bertz CT molecular complexity index is 849. The van der Waals surface area contributed by atoms with Crippen molar-refractivity contribution in [1.29, 1.82) is 5.26 Å². The van der Waals surface area contributed by atoms with Crippen molar-refractivity contribution in [2.75, 3.05) is 0 Å². The number of hydrogen-bond acceptors (Lipinski definition) is 6. The minimum atomic E-state index is 0.194. The Morgan fingerprint density at radius 3 is 2.90 bits per heavy atom. The molecular weight excluding hydrogens is 290 g/mol. The van der Waals surface area contributed by atoms with Gasteiger partial charge in [-0.15, -0.1) is 0 Å². The first-order valence-electron chi connectivity index (χ1n) is 6.15. The molecule has 0 saturated carbocycles. The molecule has 3 aromatic heterocycles. The molecule has 3 aromatic rings. The maximum Gasteiger partial charge on any atom is 0.252 e. The summed E-state index contributed by atoms with van der Waals surface area (Å²) in [5, 5.41) is 13.2. The van der Waals surface area contributed by atoms with Gasteiger partial charge in [0.2, 0.25) is 0 Å². The average molecular weight is 300 g/mol. The van der Waals surface area contributed by atoms with Crippen LogP contribution in [-0.4, -0.2) is 24.6 Å². The van der Waals surface area contributed by atoms with Gasteiger partial charge in [0.15, 0.2) is 0 Å². The molecule has 0 aliphatic heterocycles. The van der Waals surface area contributed by atoms with E-state index in [0.29, 0.717) is 24.3 Å². The van der Waals surface area contributed by atoms with Gasteiger partial charge in [0, 0.05) is 24.9 Å². The van der Waals surface area contributed by atoms with Crippen LogP contribution in [0.15, 0.2) is 24.7 Å². The van der Waals surface area contributed by atoms with Crippen molar-refractivity contribution >= 4 is 17.4 Å². The quantitative estimate of drug-likeness (QED) is 0.726. The van der Waals surface area contributed by atoms with Crippen LogP contribution in [0.3, 0.4) is 0 Å². The lowest BCUT2D eigenvalue weighted by Crippen LogP contribution is -2.11. The highest BCUT2D eigenvalue weighted by Gasteiger charge is 2.11. The molecule has 21 heavy (non-hydrogen) atoms. The van der Waals surface area contributed by atoms with Crippen LogP contribution in [0.5, 0.6) is 0 Å². The van der Waals surface area contributed by atoms with Crippen molar-refractivity contribution in [2.45, 2.75) is 13.0 Å². The number of halogens is 1. The molecule has 7 nitrogen and oxygen atoms in total. The van der Waals surface area contributed by atoms with Crippen LogP contribution >= 0.6 is 11.6 Å². The number of fused-ring (bicyclic) bond motifs is 1. The molecule has 0 spiro atoms. The van der Waals surface area contributed by atoms with Crippen LogP contribution in [0, 0.1) is 11.3 Å². The first kappa shape index (κ1) is 13.4. The molecule has 0 fully saturated rings. The summed E-state index contributed by atoms with van der Waals surface area (Å²) in [6, 6.07) is 5.39. The summed E-state index contributed by atoms with van der Waals surface area (Å²) in [4.78, 5) is 12.5. The molecule has 0 aliphatic rings. The van der Waals surface area contributed by atoms with Gasteiger partial charge in [0.25, 0.3) is 5.78 Å². The van der Waals surface area contributed by atoms with Crippen molar-refractivity contribution in [2.24, 2.45) is 5.73 Å². The standard InChI is InChI=1S/C13H10ClN7/c14-12-8(4-15)1-2-10(20-12)3-9-6-17-13-18-7-19-21(13)11(9)5-16/h1-2,6-7H,3,5,16H2. The lowest BCUT2D eigenvalue weighted by Gasteiger charge is -2.08. The Balaban J connectivity index is 2.01. The van der Waals surface area contributed by atoms with E-state index in [4.69, 9.17) is 22.6 Å². The van der Waals surface area contributed by atoms with Crippen molar-refractivity contribution in [3.05, 3.63) is 52.3 Å². The van der Waals surface area contributed by atoms with Crippen LogP contribution in [0.25, 0.3) is 5.78 Å². The van der Waals surface area contributed by atoms with Gasteiger partial charge in [-0.3, -0.25) is 0 Å². The van der Waals surface area contributed by atoms with Crippen LogP contribution in [-0.2, 0) is 13.0 Å². The van der Waals surface area contributed by atoms with E-state index in [9.17, 15) is 0 Å². The van der Waals surface area contributed by atoms with Gasteiger partial charge in [-0.05, 0) is 17.7 Å². The molecule has 8 heteroatoms. The van der Waals surface area contributed by atoms with E-state index in [1.54, 1.807) is 22.8 Å². The third-order valence-corrected chi connectivity index (χ3v) is 3.37. The third kappa shape index (κ3) is 2.42. The molecule has 3 rings (SSSR count). The number of nitrogens with zero attached hydrogens (tertiary/aromatic N) is 6. The summed E-state index contributed by atoms with van der Waals surface area (Å²) in [6.45, 7) is 0.307. The monoisotopic (exact) mass is 299 g/mol. The summed E-state index contributed by atoms with van der Waals surface area (Å²) in [5.41, 5.74) is 8.59. The van der Waals surface area contributed by atoms with E-state index >= 15 is 0 Å². The molecule has 0 aromatic carbocycles. The molecule has 0 saturated heterocycles. The number of nitriles is 1. The summed E-state index contributed by atoms with van der Waals surface area (Å²) >= 11 is 5.95. The van der Waals surface area contributed by atoms with E-state index in [1.807, 2.05) is 6.07 Å². The second-order valence-electron chi connectivity index (χ2n) is 4.34. The highest BCUT2D eigenvalue weighted by atomic mass is 35.5. The zero-order chi connectivity index (χ0) is 14.8. The van der Waals surface area contributed by atoms with Gasteiger partial charge in [-0.1, -0.05) is 11.6 Å². The fraction of sp³-hybridized carbons (Fsp3) is 0.154. The Hall–Kier alpha value is -2.56. The van der Waals surface area contributed by atoms with E-state index < -0.39 is 0 Å². The fourth-order valence-corrected chi connectivity index (χ4v) is 2.29. The van der Waals surface area contributed by atoms with Crippen molar-refractivity contribution in [3.63, 3.8) is 0 Å². The van der Waals surface area contributed by atoms with Crippen LogP contribution < -0.4 is 5.73 Å². The largest absolute Gasteiger partial charge is 0.325 e. The minimum absolute atomic E-state index is 0.194. The van der Waals surface area contributed by atoms with Gasteiger partial charge in [0.05, 0.1) is 11.3 Å². The molecule has 0 unspecified atom stereocenters. The summed E-state index contributed by atoms with van der Waals surface area (Å²) in [7, 11) is 0. The Morgan fingerprint density at radius 1 is 1.33 bits per heavy atom. The van der Waals surface area contributed by atoms with Crippen molar-refractivity contribution in [1.82, 2.24) is 24.6 Å². The van der Waals surface area contributed by atoms with E-state index in [2.05, 4.69) is 20.1 Å². The van der Waals surface area contributed by atoms with Gasteiger partial charge in [-0.2, -0.15) is 19.9 Å². The van der Waals surface area contributed by atoms with Gasteiger partial charge in [0.1, 0.15) is 17.5 Å². The van der Waals surface area contributed by atoms with Crippen LogP contribution in [0.4, 0.5) is 0 Å². The number of nitrogens with two attached hydrogens (primary N) is 1. The molecule has 0 aliphatic carbocycles.